The number of ether oxygens (including phenoxy) is 1. The molecule has 3 aromatic heterocycles. The van der Waals surface area contributed by atoms with Gasteiger partial charge < -0.3 is 14.7 Å². The highest BCUT2D eigenvalue weighted by Crippen LogP contribution is 2.39. The lowest BCUT2D eigenvalue weighted by Gasteiger charge is -2.16. The van der Waals surface area contributed by atoms with Gasteiger partial charge in [0.05, 0.1) is 38.8 Å². The number of benzene rings is 2. The Balaban J connectivity index is 1.48. The fourth-order valence-corrected chi connectivity index (χ4v) is 5.77. The number of nitrogens with zero attached hydrogens (tertiary/aromatic N) is 5. The van der Waals surface area contributed by atoms with E-state index in [1.165, 1.54) is 39.1 Å². The van der Waals surface area contributed by atoms with Crippen LogP contribution in [0, 0.1) is 18.3 Å². The number of fused-ring (bicyclic) bond motifs is 2. The number of nitriles is 1. The number of halogens is 1. The number of carboxylic acid groups (broad SMARTS) is 1. The van der Waals surface area contributed by atoms with Crippen LogP contribution in [-0.4, -0.2) is 57.1 Å². The van der Waals surface area contributed by atoms with Crippen molar-refractivity contribution >= 4 is 55.9 Å². The second-order valence-corrected chi connectivity index (χ2v) is 10.6. The van der Waals surface area contributed by atoms with Gasteiger partial charge in [-0.3, -0.25) is 19.1 Å². The van der Waals surface area contributed by atoms with Gasteiger partial charge in [0.25, 0.3) is 11.5 Å². The van der Waals surface area contributed by atoms with Crippen molar-refractivity contribution in [2.45, 2.75) is 13.5 Å². The Kier molecular flexibility index (Phi) is 7.45. The zero-order valence-electron chi connectivity index (χ0n) is 22.1. The molecule has 0 fully saturated rings. The first kappa shape index (κ1) is 27.8. The standard InChI is InChI=1S/C29H22ClN5O5S/c1-15-33-22-11-16(27(36)34(2)3)10-17(13-31)24(22)28(37)35(15)8-9-40-23-5-4-18(30)12-20(23)19-6-7-32-25-21(29(38)39)14-41-26(19)25/h4-7,10-12,14H,8-9H2,1-3H3,(H,38,39). The van der Waals surface area contributed by atoms with E-state index in [1.807, 2.05) is 6.07 Å². The monoisotopic (exact) mass is 587 g/mol. The van der Waals surface area contributed by atoms with Gasteiger partial charge in [-0.05, 0) is 43.3 Å². The van der Waals surface area contributed by atoms with Crippen molar-refractivity contribution in [2.75, 3.05) is 20.7 Å². The van der Waals surface area contributed by atoms with Gasteiger partial charge in [-0.25, -0.2) is 9.78 Å². The molecule has 0 bridgehead atoms. The number of thiophene rings is 1. The van der Waals surface area contributed by atoms with E-state index in [-0.39, 0.29) is 46.7 Å². The fraction of sp³-hybridized carbons (Fsp3) is 0.172. The minimum atomic E-state index is -1.06. The normalized spacial score (nSPS) is 11.0. The van der Waals surface area contributed by atoms with E-state index in [1.54, 1.807) is 50.7 Å². The maximum atomic E-state index is 13.5. The van der Waals surface area contributed by atoms with Crippen LogP contribution >= 0.6 is 22.9 Å². The Morgan fingerprint density at radius 3 is 2.68 bits per heavy atom. The third kappa shape index (κ3) is 5.11. The molecule has 12 heteroatoms. The van der Waals surface area contributed by atoms with E-state index < -0.39 is 11.5 Å². The molecule has 206 valence electrons. The van der Waals surface area contributed by atoms with E-state index in [0.29, 0.717) is 37.9 Å². The summed E-state index contributed by atoms with van der Waals surface area (Å²) in [5.41, 5.74) is 2.05. The van der Waals surface area contributed by atoms with Crippen LogP contribution in [0.1, 0.15) is 32.1 Å². The van der Waals surface area contributed by atoms with Gasteiger partial charge in [-0.2, -0.15) is 5.26 Å². The first-order chi connectivity index (χ1) is 19.6. The smallest absolute Gasteiger partial charge is 0.338 e. The Morgan fingerprint density at radius 2 is 1.98 bits per heavy atom. The van der Waals surface area contributed by atoms with Gasteiger partial charge in [-0.1, -0.05) is 11.6 Å². The summed E-state index contributed by atoms with van der Waals surface area (Å²) in [7, 11) is 3.21. The lowest BCUT2D eigenvalue weighted by molar-refractivity contribution is 0.0698. The molecule has 41 heavy (non-hydrogen) atoms. The molecule has 0 unspecified atom stereocenters. The zero-order chi connectivity index (χ0) is 29.4. The number of carbonyl (C=O) groups is 2. The third-order valence-electron chi connectivity index (χ3n) is 6.51. The molecular weight excluding hydrogens is 566 g/mol. The molecule has 0 saturated heterocycles. The summed E-state index contributed by atoms with van der Waals surface area (Å²) in [6, 6.07) is 11.8. The van der Waals surface area contributed by atoms with E-state index in [2.05, 4.69) is 9.97 Å². The molecule has 5 aromatic rings. The number of aromatic nitrogens is 3. The number of rotatable bonds is 7. The molecule has 3 heterocycles. The van der Waals surface area contributed by atoms with Crippen LogP contribution in [0.5, 0.6) is 5.75 Å². The Hall–Kier alpha value is -4.79. The molecule has 2 aromatic carbocycles. The highest BCUT2D eigenvalue weighted by atomic mass is 35.5. The molecule has 0 radical (unpaired) electrons. The van der Waals surface area contributed by atoms with Crippen LogP contribution in [0.3, 0.4) is 0 Å². The summed E-state index contributed by atoms with van der Waals surface area (Å²) in [6.07, 6.45) is 1.54. The Bertz CT molecular complexity index is 1980. The van der Waals surface area contributed by atoms with Crippen LogP contribution in [-0.2, 0) is 6.54 Å². The first-order valence-corrected chi connectivity index (χ1v) is 13.6. The topological polar surface area (TPSA) is 138 Å². The fourth-order valence-electron chi connectivity index (χ4n) is 4.57. The SMILES string of the molecule is Cc1nc2cc(C(=O)N(C)C)cc(C#N)c2c(=O)n1CCOc1ccc(Cl)cc1-c1ccnc2c(C(=O)O)csc12. The third-order valence-corrected chi connectivity index (χ3v) is 7.75. The van der Waals surface area contributed by atoms with Crippen molar-refractivity contribution in [1.82, 2.24) is 19.4 Å². The van der Waals surface area contributed by atoms with Gasteiger partial charge >= 0.3 is 5.97 Å². The molecular formula is C29H22ClN5O5S. The Labute approximate surface area is 242 Å². The highest BCUT2D eigenvalue weighted by Gasteiger charge is 2.19. The van der Waals surface area contributed by atoms with E-state index in [0.717, 1.165) is 0 Å². The molecule has 1 N–H and O–H groups in total. The molecule has 0 aliphatic heterocycles. The average Bonchev–Trinajstić information content (AvgIpc) is 3.39. The van der Waals surface area contributed by atoms with Gasteiger partial charge in [0.15, 0.2) is 0 Å². The first-order valence-electron chi connectivity index (χ1n) is 12.3. The predicted molar refractivity (Wildman–Crippen MR) is 156 cm³/mol. The maximum Gasteiger partial charge on any atom is 0.338 e. The summed E-state index contributed by atoms with van der Waals surface area (Å²) >= 11 is 7.58. The second kappa shape index (κ2) is 11.0. The number of carboxylic acids is 1. The second-order valence-electron chi connectivity index (χ2n) is 9.32. The number of pyridine rings is 1. The summed E-state index contributed by atoms with van der Waals surface area (Å²) in [6.45, 7) is 1.89. The molecule has 5 rings (SSSR count). The molecule has 10 nitrogen and oxygen atoms in total. The molecule has 0 atom stereocenters. The number of hydrogen-bond donors (Lipinski definition) is 1. The van der Waals surface area contributed by atoms with E-state index in [9.17, 15) is 24.8 Å². The maximum absolute atomic E-state index is 13.5. The average molecular weight is 588 g/mol. The van der Waals surface area contributed by atoms with Crippen molar-refractivity contribution < 1.29 is 19.4 Å². The van der Waals surface area contributed by atoms with E-state index >= 15 is 0 Å². The lowest BCUT2D eigenvalue weighted by atomic mass is 10.0. The highest BCUT2D eigenvalue weighted by molar-refractivity contribution is 7.18. The molecule has 1 amide bonds. The molecule has 0 spiro atoms. The minimum absolute atomic E-state index is 0.0678. The quantitative estimate of drug-likeness (QED) is 0.281. The summed E-state index contributed by atoms with van der Waals surface area (Å²) in [5.74, 6) is -0.478. The van der Waals surface area contributed by atoms with Gasteiger partial charge in [-0.15, -0.1) is 11.3 Å². The number of aromatic carboxylic acids is 1. The Morgan fingerprint density at radius 1 is 1.20 bits per heavy atom. The van der Waals surface area contributed by atoms with E-state index in [4.69, 9.17) is 16.3 Å². The van der Waals surface area contributed by atoms with Crippen molar-refractivity contribution in [3.63, 3.8) is 0 Å². The minimum Gasteiger partial charge on any atom is -0.491 e. The largest absolute Gasteiger partial charge is 0.491 e. The molecule has 0 saturated carbocycles. The molecule has 0 aliphatic carbocycles. The zero-order valence-corrected chi connectivity index (χ0v) is 23.7. The van der Waals surface area contributed by atoms with Crippen LogP contribution in [0.25, 0.3) is 32.2 Å². The van der Waals surface area contributed by atoms with Crippen molar-refractivity contribution in [2.24, 2.45) is 0 Å². The molecule has 0 aliphatic rings. The van der Waals surface area contributed by atoms with Crippen LogP contribution < -0.4 is 10.3 Å². The number of hydrogen-bond acceptors (Lipinski definition) is 8. The van der Waals surface area contributed by atoms with Crippen molar-refractivity contribution in [3.8, 4) is 22.9 Å². The van der Waals surface area contributed by atoms with Gasteiger partial charge in [0, 0.05) is 47.4 Å². The number of aryl methyl sites for hydroxylation is 1. The van der Waals surface area contributed by atoms with Gasteiger partial charge in [0.1, 0.15) is 24.3 Å². The van der Waals surface area contributed by atoms with Gasteiger partial charge in [0.2, 0.25) is 0 Å². The lowest BCUT2D eigenvalue weighted by Crippen LogP contribution is -2.28. The summed E-state index contributed by atoms with van der Waals surface area (Å²) in [4.78, 5) is 47.7. The van der Waals surface area contributed by atoms with Crippen LogP contribution in [0.15, 0.2) is 52.8 Å². The number of amides is 1. The van der Waals surface area contributed by atoms with Crippen molar-refractivity contribution in [1.29, 1.82) is 5.26 Å². The van der Waals surface area contributed by atoms with Crippen LogP contribution in [0.4, 0.5) is 0 Å². The number of carbonyl (C=O) groups excluding carboxylic acids is 1. The summed E-state index contributed by atoms with van der Waals surface area (Å²) in [5, 5.41) is 21.4. The predicted octanol–water partition coefficient (Wildman–Crippen LogP) is 4.99. The van der Waals surface area contributed by atoms with Crippen LogP contribution in [0.2, 0.25) is 5.02 Å². The summed E-state index contributed by atoms with van der Waals surface area (Å²) < 4.78 is 8.22. The van der Waals surface area contributed by atoms with Crippen molar-refractivity contribution in [3.05, 3.63) is 85.9 Å².